The van der Waals surface area contributed by atoms with Crippen molar-refractivity contribution in [2.75, 3.05) is 18.0 Å². The highest BCUT2D eigenvalue weighted by molar-refractivity contribution is 5.86. The normalized spacial score (nSPS) is 20.2. The van der Waals surface area contributed by atoms with E-state index in [1.54, 1.807) is 23.4 Å². The summed E-state index contributed by atoms with van der Waals surface area (Å²) >= 11 is 0. The third kappa shape index (κ3) is 1.81. The Hall–Kier alpha value is -2.12. The number of carbonyl (C=O) groups is 1. The second-order valence-electron chi connectivity index (χ2n) is 3.92. The average Bonchev–Trinajstić information content (AvgIpc) is 2.65. The first-order valence-corrected chi connectivity index (χ1v) is 5.22. The molecule has 0 aliphatic carbocycles. The van der Waals surface area contributed by atoms with Crippen LogP contribution in [0.2, 0.25) is 0 Å². The molecule has 2 rings (SSSR count). The number of hydrogen-bond donors (Lipinski definition) is 1. The molecule has 0 spiro atoms. The topological polar surface area (TPSA) is 93.3 Å². The fraction of sp³-hybridized carbons (Fsp3) is 0.556. The predicted octanol–water partition coefficient (Wildman–Crippen LogP) is -0.347. The number of imidazole rings is 1. The van der Waals surface area contributed by atoms with E-state index in [1.165, 1.54) is 6.33 Å². The maximum atomic E-state index is 11.5. The fourth-order valence-electron chi connectivity index (χ4n) is 1.94. The van der Waals surface area contributed by atoms with Crippen molar-refractivity contribution in [3.8, 4) is 0 Å². The van der Waals surface area contributed by atoms with Gasteiger partial charge in [-0.25, -0.2) is 0 Å². The summed E-state index contributed by atoms with van der Waals surface area (Å²) in [6.07, 6.45) is 1.38. The van der Waals surface area contributed by atoms with Crippen molar-refractivity contribution in [3.05, 3.63) is 16.4 Å². The summed E-state index contributed by atoms with van der Waals surface area (Å²) in [6.45, 7) is 2.73. The molecule has 1 aliphatic heterocycles. The van der Waals surface area contributed by atoms with Crippen molar-refractivity contribution in [2.24, 2.45) is 7.05 Å². The Kier molecular flexibility index (Phi) is 2.70. The van der Waals surface area contributed by atoms with Crippen molar-refractivity contribution >= 4 is 17.5 Å². The van der Waals surface area contributed by atoms with Gasteiger partial charge >= 0.3 is 5.82 Å². The Balaban J connectivity index is 2.42. The van der Waals surface area contributed by atoms with Crippen molar-refractivity contribution in [2.45, 2.75) is 13.0 Å². The molecule has 1 aromatic heterocycles. The van der Waals surface area contributed by atoms with Crippen LogP contribution in [-0.4, -0.2) is 39.5 Å². The van der Waals surface area contributed by atoms with Crippen molar-refractivity contribution < 1.29 is 9.72 Å². The van der Waals surface area contributed by atoms with Crippen LogP contribution in [0.25, 0.3) is 0 Å². The molecule has 1 aromatic rings. The van der Waals surface area contributed by atoms with Crippen molar-refractivity contribution in [1.82, 2.24) is 14.9 Å². The number of nitrogens with one attached hydrogen (secondary N) is 1. The Morgan fingerprint density at radius 3 is 3.00 bits per heavy atom. The van der Waals surface area contributed by atoms with Crippen LogP contribution in [-0.2, 0) is 11.8 Å². The molecule has 8 heteroatoms. The molecule has 92 valence electrons. The highest BCUT2D eigenvalue weighted by Gasteiger charge is 2.33. The van der Waals surface area contributed by atoms with Crippen molar-refractivity contribution in [1.29, 1.82) is 0 Å². The molecule has 8 nitrogen and oxygen atoms in total. The molecule has 0 saturated carbocycles. The van der Waals surface area contributed by atoms with Crippen LogP contribution < -0.4 is 10.2 Å². The SMILES string of the molecule is CC1C(=O)NCCN1c1c([N+](=O)[O-])ncn1C. The van der Waals surface area contributed by atoms with Gasteiger partial charge in [0, 0.05) is 20.1 Å². The van der Waals surface area contributed by atoms with Gasteiger partial charge in [-0.05, 0) is 16.8 Å². The number of anilines is 1. The summed E-state index contributed by atoms with van der Waals surface area (Å²) in [6, 6.07) is -0.433. The lowest BCUT2D eigenvalue weighted by Crippen LogP contribution is -2.54. The zero-order valence-corrected chi connectivity index (χ0v) is 9.58. The van der Waals surface area contributed by atoms with Crippen LogP contribution in [0.1, 0.15) is 6.92 Å². The summed E-state index contributed by atoms with van der Waals surface area (Å²) in [5.74, 6) is 0.0261. The molecule has 1 saturated heterocycles. The summed E-state index contributed by atoms with van der Waals surface area (Å²) < 4.78 is 1.56. The van der Waals surface area contributed by atoms with Gasteiger partial charge < -0.3 is 20.3 Å². The molecule has 0 aromatic carbocycles. The molecular weight excluding hydrogens is 226 g/mol. The lowest BCUT2D eigenvalue weighted by atomic mass is 10.2. The third-order valence-electron chi connectivity index (χ3n) is 2.83. The van der Waals surface area contributed by atoms with Crippen LogP contribution in [0, 0.1) is 10.1 Å². The highest BCUT2D eigenvalue weighted by atomic mass is 16.6. The number of aryl methyl sites for hydroxylation is 1. The first-order chi connectivity index (χ1) is 8.02. The minimum absolute atomic E-state index is 0.133. The minimum atomic E-state index is -0.533. The summed E-state index contributed by atoms with van der Waals surface area (Å²) in [5, 5.41) is 13.6. The van der Waals surface area contributed by atoms with Gasteiger partial charge in [0.15, 0.2) is 0 Å². The highest BCUT2D eigenvalue weighted by Crippen LogP contribution is 2.28. The van der Waals surface area contributed by atoms with Gasteiger partial charge in [-0.15, -0.1) is 0 Å². The van der Waals surface area contributed by atoms with E-state index in [9.17, 15) is 14.9 Å². The lowest BCUT2D eigenvalue weighted by molar-refractivity contribution is -0.388. The van der Waals surface area contributed by atoms with Crippen LogP contribution in [0.15, 0.2) is 6.33 Å². The van der Waals surface area contributed by atoms with E-state index in [-0.39, 0.29) is 11.7 Å². The van der Waals surface area contributed by atoms with E-state index < -0.39 is 11.0 Å². The maximum Gasteiger partial charge on any atom is 0.406 e. The van der Waals surface area contributed by atoms with Gasteiger partial charge in [0.25, 0.3) is 0 Å². The quantitative estimate of drug-likeness (QED) is 0.562. The summed E-state index contributed by atoms with van der Waals surface area (Å²) in [4.78, 5) is 27.3. The molecular formula is C9H13N5O3. The number of piperazine rings is 1. The minimum Gasteiger partial charge on any atom is -0.358 e. The van der Waals surface area contributed by atoms with Gasteiger partial charge in [-0.2, -0.15) is 0 Å². The van der Waals surface area contributed by atoms with E-state index in [2.05, 4.69) is 10.3 Å². The standard InChI is InChI=1S/C9H13N5O3/c1-6-8(15)10-3-4-13(6)9-7(14(16)17)11-5-12(9)2/h5-6H,3-4H2,1-2H3,(H,10,15). The lowest BCUT2D eigenvalue weighted by Gasteiger charge is -2.33. The van der Waals surface area contributed by atoms with Crippen LogP contribution >= 0.6 is 0 Å². The van der Waals surface area contributed by atoms with Crippen molar-refractivity contribution in [3.63, 3.8) is 0 Å². The number of nitro groups is 1. The second kappa shape index (κ2) is 4.04. The molecule has 1 aliphatic rings. The number of rotatable bonds is 2. The monoisotopic (exact) mass is 239 g/mol. The Bertz CT molecular complexity index is 469. The van der Waals surface area contributed by atoms with Gasteiger partial charge in [0.05, 0.1) is 0 Å². The maximum absolute atomic E-state index is 11.5. The Morgan fingerprint density at radius 2 is 2.35 bits per heavy atom. The van der Waals surface area contributed by atoms with E-state index in [1.807, 2.05) is 0 Å². The molecule has 0 radical (unpaired) electrons. The number of hydrogen-bond acceptors (Lipinski definition) is 5. The molecule has 1 fully saturated rings. The second-order valence-corrected chi connectivity index (χ2v) is 3.92. The molecule has 1 amide bonds. The van der Waals surface area contributed by atoms with Gasteiger partial charge in [0.1, 0.15) is 6.04 Å². The molecule has 0 bridgehead atoms. The number of aromatic nitrogens is 2. The number of nitrogens with zero attached hydrogens (tertiary/aromatic N) is 4. The molecule has 1 N–H and O–H groups in total. The zero-order chi connectivity index (χ0) is 12.6. The van der Waals surface area contributed by atoms with Crippen LogP contribution in [0.4, 0.5) is 11.6 Å². The number of carbonyl (C=O) groups excluding carboxylic acids is 1. The molecule has 1 atom stereocenters. The van der Waals surface area contributed by atoms with Crippen LogP contribution in [0.5, 0.6) is 0 Å². The molecule has 17 heavy (non-hydrogen) atoms. The van der Waals surface area contributed by atoms with Gasteiger partial charge in [-0.3, -0.25) is 9.36 Å². The summed E-state index contributed by atoms with van der Waals surface area (Å²) in [5.41, 5.74) is 0. The van der Waals surface area contributed by atoms with Gasteiger partial charge in [-0.1, -0.05) is 0 Å². The third-order valence-corrected chi connectivity index (χ3v) is 2.83. The fourth-order valence-corrected chi connectivity index (χ4v) is 1.94. The predicted molar refractivity (Wildman–Crippen MR) is 59.7 cm³/mol. The first-order valence-electron chi connectivity index (χ1n) is 5.22. The molecule has 1 unspecified atom stereocenters. The summed E-state index contributed by atoms with van der Waals surface area (Å²) in [7, 11) is 1.68. The van der Waals surface area contributed by atoms with E-state index >= 15 is 0 Å². The largest absolute Gasteiger partial charge is 0.406 e. The van der Waals surface area contributed by atoms with E-state index in [0.29, 0.717) is 18.9 Å². The van der Waals surface area contributed by atoms with E-state index in [4.69, 9.17) is 0 Å². The zero-order valence-electron chi connectivity index (χ0n) is 9.58. The average molecular weight is 239 g/mol. The molecule has 2 heterocycles. The van der Waals surface area contributed by atoms with Crippen LogP contribution in [0.3, 0.4) is 0 Å². The Labute approximate surface area is 97.4 Å². The van der Waals surface area contributed by atoms with E-state index in [0.717, 1.165) is 0 Å². The van der Waals surface area contributed by atoms with Gasteiger partial charge in [0.2, 0.25) is 18.1 Å². The number of amides is 1. The first kappa shape index (κ1) is 11.4. The smallest absolute Gasteiger partial charge is 0.358 e. The Morgan fingerprint density at radius 1 is 1.65 bits per heavy atom.